The van der Waals surface area contributed by atoms with Crippen molar-refractivity contribution in [3.63, 3.8) is 0 Å². The van der Waals surface area contributed by atoms with Gasteiger partial charge in [0.25, 0.3) is 0 Å². The lowest BCUT2D eigenvalue weighted by molar-refractivity contribution is 0.0494. The van der Waals surface area contributed by atoms with E-state index in [4.69, 9.17) is 28.9 Å². The van der Waals surface area contributed by atoms with E-state index in [1.807, 2.05) is 137 Å². The number of aromatic hydroxyl groups is 1. The van der Waals surface area contributed by atoms with Crippen molar-refractivity contribution in [3.05, 3.63) is 146 Å². The van der Waals surface area contributed by atoms with Crippen molar-refractivity contribution in [2.45, 2.75) is 229 Å². The normalized spacial score (nSPS) is 14.2. The van der Waals surface area contributed by atoms with Gasteiger partial charge in [-0.1, -0.05) is 107 Å². The zero-order valence-corrected chi connectivity index (χ0v) is 50.6. The summed E-state index contributed by atoms with van der Waals surface area (Å²) in [6, 6.07) is 26.2. The smallest absolute Gasteiger partial charge is 0.144 e. The van der Waals surface area contributed by atoms with Crippen molar-refractivity contribution in [3.8, 4) is 28.7 Å². The molecule has 0 aromatic heterocycles. The minimum Gasteiger partial charge on any atom is -0.507 e. The average Bonchev–Trinajstić information content (AvgIpc) is 3.28. The van der Waals surface area contributed by atoms with Gasteiger partial charge < -0.3 is 34.3 Å². The fourth-order valence-electron chi connectivity index (χ4n) is 9.43. The van der Waals surface area contributed by atoms with Crippen molar-refractivity contribution >= 4 is 12.4 Å². The number of hydrogen-bond donors (Lipinski definition) is 3. The summed E-state index contributed by atoms with van der Waals surface area (Å²) in [5, 5.41) is 40.1. The number of aliphatic imine (C=N–C) groups is 2. The molecule has 0 amide bonds. The molecule has 9 nitrogen and oxygen atoms in total. The van der Waals surface area contributed by atoms with E-state index >= 15 is 0 Å². The lowest BCUT2D eigenvalue weighted by Crippen LogP contribution is -2.40. The number of phenolic OH excluding ortho intramolecular Hbond substituents is 1. The zero-order valence-electron chi connectivity index (χ0n) is 50.6. The van der Waals surface area contributed by atoms with Crippen LogP contribution < -0.4 is 18.9 Å². The second-order valence-corrected chi connectivity index (χ2v) is 26.2. The van der Waals surface area contributed by atoms with Gasteiger partial charge in [-0.2, -0.15) is 0 Å². The van der Waals surface area contributed by atoms with Gasteiger partial charge in [0.15, 0.2) is 0 Å². The average molecular weight is 1040 g/mol. The Bertz CT molecular complexity index is 2530. The van der Waals surface area contributed by atoms with Crippen LogP contribution in [0.2, 0.25) is 0 Å². The number of benzene rings is 5. The summed E-state index contributed by atoms with van der Waals surface area (Å²) in [7, 11) is 0. The molecule has 0 saturated carbocycles. The molecule has 0 bridgehead atoms. The topological polar surface area (TPSA) is 122 Å². The van der Waals surface area contributed by atoms with Gasteiger partial charge in [-0.05, 0) is 186 Å². The molecular weight excluding hydrogens is 945 g/mol. The highest BCUT2D eigenvalue weighted by molar-refractivity contribution is 5.92. The van der Waals surface area contributed by atoms with Crippen molar-refractivity contribution in [1.82, 2.24) is 0 Å². The van der Waals surface area contributed by atoms with E-state index < -0.39 is 23.3 Å². The van der Waals surface area contributed by atoms with Gasteiger partial charge in [-0.3, -0.25) is 9.98 Å². The van der Waals surface area contributed by atoms with Crippen LogP contribution in [-0.2, 0) is 32.9 Å². The Kier molecular flexibility index (Phi) is 18.6. The highest BCUT2D eigenvalue weighted by Gasteiger charge is 2.46. The number of rotatable bonds is 18. The van der Waals surface area contributed by atoms with Crippen LogP contribution in [-0.4, -0.2) is 64.2 Å². The van der Waals surface area contributed by atoms with Crippen molar-refractivity contribution in [1.29, 1.82) is 0 Å². The van der Waals surface area contributed by atoms with Gasteiger partial charge in [0.05, 0.1) is 36.5 Å². The third-order valence-corrected chi connectivity index (χ3v) is 13.9. The molecule has 5 aromatic carbocycles. The van der Waals surface area contributed by atoms with Crippen molar-refractivity contribution in [2.24, 2.45) is 9.98 Å². The van der Waals surface area contributed by atoms with E-state index in [2.05, 4.69) is 107 Å². The van der Waals surface area contributed by atoms with E-state index in [0.717, 1.165) is 27.8 Å². The molecule has 9 heteroatoms. The Balaban J connectivity index is 1.77. The van der Waals surface area contributed by atoms with Gasteiger partial charge in [0, 0.05) is 45.8 Å². The Hall–Kier alpha value is -5.64. The largest absolute Gasteiger partial charge is 0.507 e. The summed E-state index contributed by atoms with van der Waals surface area (Å²) < 4.78 is 26.2. The standard InChI is InChI=1S/C67H94N2O7/c1-40(2)73-57-28-24-49(62(12,13)14)34-53(57)66(71,54-35-50(63(15,16)17)25-29-58(54)74-41(3)4)45(10)68-38-47-32-44(9)33-48(61(47)70)39-69-46(11)67(72,55-36-51(64(18,19)20)26-30-59(55)75-42(5)6)56-37-52(65(21,22)23)27-31-60(56)76-43(7)8/h24-43,45-46,70-72H,1-23H3/t45-,46-/m0/s1. The molecule has 3 N–H and O–H groups in total. The number of ether oxygens (including phenoxy) is 4. The quantitative estimate of drug-likeness (QED) is 0.0747. The minimum atomic E-state index is -1.80. The summed E-state index contributed by atoms with van der Waals surface area (Å²) in [6.07, 6.45) is 2.50. The predicted molar refractivity (Wildman–Crippen MR) is 317 cm³/mol. The molecule has 0 aliphatic rings. The SMILES string of the molecule is Cc1cc(C=N[C@@H](C)C(O)(c2cc(C(C)(C)C)ccc2OC(C)C)c2cc(C(C)(C)C)ccc2OC(C)C)c(O)c(C=N[C@@H](C)C(O)(c2cc(C(C)(C)C)ccc2OC(C)C)c2cc(C(C)(C)C)ccc2OC(C)C)c1. The lowest BCUT2D eigenvalue weighted by Gasteiger charge is -2.38. The number of aliphatic hydroxyl groups is 2. The first-order valence-corrected chi connectivity index (χ1v) is 27.5. The van der Waals surface area contributed by atoms with Crippen LogP contribution >= 0.6 is 0 Å². The van der Waals surface area contributed by atoms with E-state index in [-0.39, 0.29) is 51.8 Å². The van der Waals surface area contributed by atoms with Crippen molar-refractivity contribution in [2.75, 3.05) is 0 Å². The fraction of sp³-hybridized carbons (Fsp3) is 0.522. The molecule has 0 heterocycles. The highest BCUT2D eigenvalue weighted by atomic mass is 16.5. The Labute approximate surface area is 458 Å². The van der Waals surface area contributed by atoms with E-state index in [1.54, 1.807) is 12.4 Å². The molecule has 5 rings (SSSR count). The Morgan fingerprint density at radius 1 is 0.382 bits per heavy atom. The zero-order chi connectivity index (χ0) is 57.3. The van der Waals surface area contributed by atoms with Gasteiger partial charge in [0.2, 0.25) is 0 Å². The number of phenols is 1. The minimum absolute atomic E-state index is 0.0566. The second-order valence-electron chi connectivity index (χ2n) is 26.2. The van der Waals surface area contributed by atoms with Gasteiger partial charge in [-0.15, -0.1) is 0 Å². The first-order chi connectivity index (χ1) is 34.9. The van der Waals surface area contributed by atoms with Crippen molar-refractivity contribution < 1.29 is 34.3 Å². The summed E-state index contributed by atoms with van der Waals surface area (Å²) in [4.78, 5) is 10.3. The van der Waals surface area contributed by atoms with Crippen LogP contribution in [0.5, 0.6) is 28.7 Å². The lowest BCUT2D eigenvalue weighted by atomic mass is 9.75. The highest BCUT2D eigenvalue weighted by Crippen LogP contribution is 2.49. The molecule has 414 valence electrons. The Morgan fingerprint density at radius 2 is 0.605 bits per heavy atom. The van der Waals surface area contributed by atoms with Crippen LogP contribution in [0.4, 0.5) is 0 Å². The Morgan fingerprint density at radius 3 is 0.803 bits per heavy atom. The first kappa shape index (κ1) is 61.2. The fourth-order valence-corrected chi connectivity index (χ4v) is 9.43. The molecule has 0 radical (unpaired) electrons. The number of nitrogens with zero attached hydrogens (tertiary/aromatic N) is 2. The summed E-state index contributed by atoms with van der Waals surface area (Å²) >= 11 is 0. The molecule has 0 aliphatic heterocycles. The molecule has 0 spiro atoms. The molecule has 0 saturated heterocycles. The molecule has 0 fully saturated rings. The molecule has 2 atom stereocenters. The van der Waals surface area contributed by atoms with Crippen LogP contribution in [0, 0.1) is 6.92 Å². The van der Waals surface area contributed by atoms with Crippen LogP contribution in [0.3, 0.4) is 0 Å². The summed E-state index contributed by atoms with van der Waals surface area (Å²) in [6.45, 7) is 47.3. The molecule has 0 aliphatic carbocycles. The predicted octanol–water partition coefficient (Wildman–Crippen LogP) is 15.5. The summed E-state index contributed by atoms with van der Waals surface area (Å²) in [5.41, 5.74) is 3.37. The summed E-state index contributed by atoms with van der Waals surface area (Å²) in [5.74, 6) is 2.10. The van der Waals surface area contributed by atoms with E-state index in [9.17, 15) is 15.3 Å². The third-order valence-electron chi connectivity index (χ3n) is 13.9. The maximum atomic E-state index is 13.9. The van der Waals surface area contributed by atoms with Gasteiger partial charge >= 0.3 is 0 Å². The van der Waals surface area contributed by atoms with Crippen LogP contribution in [0.1, 0.15) is 214 Å². The maximum absolute atomic E-state index is 13.9. The monoisotopic (exact) mass is 1040 g/mol. The second kappa shape index (κ2) is 23.1. The first-order valence-electron chi connectivity index (χ1n) is 27.5. The molecular formula is C67H94N2O7. The van der Waals surface area contributed by atoms with Crippen LogP contribution in [0.15, 0.2) is 94.9 Å². The third kappa shape index (κ3) is 14.1. The van der Waals surface area contributed by atoms with E-state index in [1.165, 1.54) is 0 Å². The number of hydrogen-bond acceptors (Lipinski definition) is 9. The van der Waals surface area contributed by atoms with Crippen LogP contribution in [0.25, 0.3) is 0 Å². The molecule has 0 unspecified atom stereocenters. The van der Waals surface area contributed by atoms with Gasteiger partial charge in [0.1, 0.15) is 39.9 Å². The number of aryl methyl sites for hydroxylation is 1. The molecule has 76 heavy (non-hydrogen) atoms. The van der Waals surface area contributed by atoms with Gasteiger partial charge in [-0.25, -0.2) is 0 Å². The molecule has 5 aromatic rings. The maximum Gasteiger partial charge on any atom is 0.144 e. The van der Waals surface area contributed by atoms with E-state index in [0.29, 0.717) is 56.4 Å².